The molecule has 0 bridgehead atoms. The molecule has 0 aromatic carbocycles. The average molecular weight is 213 g/mol. The van der Waals surface area contributed by atoms with Crippen molar-refractivity contribution >= 4 is 5.91 Å². The molecule has 0 aromatic rings. The molecule has 1 aliphatic heterocycles. The molecule has 1 N–H and O–H groups in total. The van der Waals surface area contributed by atoms with Crippen LogP contribution in [0, 0.1) is 11.3 Å². The summed E-state index contributed by atoms with van der Waals surface area (Å²) in [6, 6.07) is 0. The van der Waals surface area contributed by atoms with E-state index in [-0.39, 0.29) is 17.4 Å². The third-order valence-corrected chi connectivity index (χ3v) is 3.26. The van der Waals surface area contributed by atoms with Gasteiger partial charge in [0.05, 0.1) is 6.10 Å². The Hall–Kier alpha value is -0.570. The predicted octanol–water partition coefficient (Wildman–Crippen LogP) is 1.65. The second-order valence-electron chi connectivity index (χ2n) is 5.69. The van der Waals surface area contributed by atoms with Gasteiger partial charge in [-0.15, -0.1) is 0 Å². The van der Waals surface area contributed by atoms with Crippen LogP contribution in [-0.4, -0.2) is 35.1 Å². The number of likely N-dealkylation sites (tertiary alicyclic amines) is 1. The molecule has 0 spiro atoms. The molecular formula is C12H23NO2. The number of nitrogens with zero attached hydrogens (tertiary/aromatic N) is 1. The lowest BCUT2D eigenvalue weighted by Crippen LogP contribution is -2.50. The molecular weight excluding hydrogens is 190 g/mol. The number of aliphatic hydroxyl groups excluding tert-OH is 1. The van der Waals surface area contributed by atoms with Crippen molar-refractivity contribution in [3.05, 3.63) is 0 Å². The van der Waals surface area contributed by atoms with Crippen LogP contribution in [0.2, 0.25) is 0 Å². The Morgan fingerprint density at radius 1 is 1.53 bits per heavy atom. The van der Waals surface area contributed by atoms with E-state index in [9.17, 15) is 9.90 Å². The van der Waals surface area contributed by atoms with Crippen LogP contribution in [-0.2, 0) is 4.79 Å². The van der Waals surface area contributed by atoms with Gasteiger partial charge in [-0.3, -0.25) is 4.79 Å². The Bertz CT molecular complexity index is 236. The van der Waals surface area contributed by atoms with Gasteiger partial charge in [-0.25, -0.2) is 0 Å². The Kier molecular flexibility index (Phi) is 3.77. The first-order chi connectivity index (χ1) is 6.83. The third-order valence-electron chi connectivity index (χ3n) is 3.26. The molecule has 0 aromatic heterocycles. The summed E-state index contributed by atoms with van der Waals surface area (Å²) in [5.74, 6) is 0.573. The smallest absolute Gasteiger partial charge is 0.222 e. The standard InChI is InChI=1S/C12H23NO2/c1-9(2)7-11(15)13-6-5-12(3,4)10(14)8-13/h9-10,14H,5-8H2,1-4H3. The van der Waals surface area contributed by atoms with Crippen molar-refractivity contribution in [3.63, 3.8) is 0 Å². The van der Waals surface area contributed by atoms with Crippen LogP contribution in [0.4, 0.5) is 0 Å². The van der Waals surface area contributed by atoms with E-state index in [1.165, 1.54) is 0 Å². The van der Waals surface area contributed by atoms with E-state index in [0.717, 1.165) is 13.0 Å². The molecule has 88 valence electrons. The zero-order valence-corrected chi connectivity index (χ0v) is 10.3. The number of hydrogen-bond acceptors (Lipinski definition) is 2. The van der Waals surface area contributed by atoms with Crippen molar-refractivity contribution in [2.45, 2.75) is 46.6 Å². The zero-order valence-electron chi connectivity index (χ0n) is 10.3. The largest absolute Gasteiger partial charge is 0.391 e. The first-order valence-corrected chi connectivity index (χ1v) is 5.79. The minimum Gasteiger partial charge on any atom is -0.391 e. The van der Waals surface area contributed by atoms with Crippen molar-refractivity contribution in [1.82, 2.24) is 4.90 Å². The minimum atomic E-state index is -0.387. The van der Waals surface area contributed by atoms with Crippen LogP contribution in [0.1, 0.15) is 40.5 Å². The molecule has 1 saturated heterocycles. The molecule has 0 aliphatic carbocycles. The summed E-state index contributed by atoms with van der Waals surface area (Å²) in [6.07, 6.45) is 1.09. The summed E-state index contributed by atoms with van der Waals surface area (Å²) in [7, 11) is 0. The summed E-state index contributed by atoms with van der Waals surface area (Å²) in [5.41, 5.74) is -0.0470. The number of amides is 1. The van der Waals surface area contributed by atoms with Crippen LogP contribution in [0.3, 0.4) is 0 Å². The Morgan fingerprint density at radius 3 is 2.60 bits per heavy atom. The lowest BCUT2D eigenvalue weighted by Gasteiger charge is -2.41. The number of carbonyl (C=O) groups is 1. The van der Waals surface area contributed by atoms with Gasteiger partial charge in [0.25, 0.3) is 0 Å². The van der Waals surface area contributed by atoms with E-state index in [1.807, 2.05) is 13.8 Å². The van der Waals surface area contributed by atoms with E-state index in [2.05, 4.69) is 13.8 Å². The van der Waals surface area contributed by atoms with E-state index < -0.39 is 0 Å². The van der Waals surface area contributed by atoms with Crippen LogP contribution < -0.4 is 0 Å². The van der Waals surface area contributed by atoms with E-state index >= 15 is 0 Å². The maximum absolute atomic E-state index is 11.8. The molecule has 15 heavy (non-hydrogen) atoms. The maximum Gasteiger partial charge on any atom is 0.222 e. The van der Waals surface area contributed by atoms with Gasteiger partial charge in [0, 0.05) is 19.5 Å². The monoisotopic (exact) mass is 213 g/mol. The molecule has 3 heteroatoms. The summed E-state index contributed by atoms with van der Waals surface area (Å²) < 4.78 is 0. The van der Waals surface area contributed by atoms with Crippen LogP contribution in [0.25, 0.3) is 0 Å². The Balaban J connectivity index is 2.51. The number of piperidine rings is 1. The van der Waals surface area contributed by atoms with Crippen molar-refractivity contribution in [3.8, 4) is 0 Å². The first-order valence-electron chi connectivity index (χ1n) is 5.79. The van der Waals surface area contributed by atoms with Gasteiger partial charge in [0.2, 0.25) is 5.91 Å². The van der Waals surface area contributed by atoms with Crippen molar-refractivity contribution in [2.24, 2.45) is 11.3 Å². The van der Waals surface area contributed by atoms with Crippen LogP contribution in [0.15, 0.2) is 0 Å². The molecule has 1 amide bonds. The highest BCUT2D eigenvalue weighted by molar-refractivity contribution is 5.76. The Labute approximate surface area is 92.5 Å². The SMILES string of the molecule is CC(C)CC(=O)N1CCC(C)(C)C(O)C1. The Morgan fingerprint density at radius 2 is 2.13 bits per heavy atom. The lowest BCUT2D eigenvalue weighted by molar-refractivity contribution is -0.138. The summed E-state index contributed by atoms with van der Waals surface area (Å²) in [6.45, 7) is 9.49. The topological polar surface area (TPSA) is 40.5 Å². The highest BCUT2D eigenvalue weighted by Gasteiger charge is 2.35. The van der Waals surface area contributed by atoms with Crippen molar-refractivity contribution in [1.29, 1.82) is 0 Å². The second kappa shape index (κ2) is 4.52. The van der Waals surface area contributed by atoms with E-state index in [4.69, 9.17) is 0 Å². The number of aliphatic hydroxyl groups is 1. The van der Waals surface area contributed by atoms with E-state index in [0.29, 0.717) is 18.9 Å². The van der Waals surface area contributed by atoms with Gasteiger partial charge in [-0.05, 0) is 17.8 Å². The molecule has 1 heterocycles. The van der Waals surface area contributed by atoms with Gasteiger partial charge >= 0.3 is 0 Å². The van der Waals surface area contributed by atoms with Gasteiger partial charge in [0.1, 0.15) is 0 Å². The van der Waals surface area contributed by atoms with Crippen molar-refractivity contribution < 1.29 is 9.90 Å². The highest BCUT2D eigenvalue weighted by Crippen LogP contribution is 2.30. The molecule has 1 aliphatic rings. The fourth-order valence-corrected chi connectivity index (χ4v) is 1.84. The second-order valence-corrected chi connectivity index (χ2v) is 5.69. The van der Waals surface area contributed by atoms with Crippen LogP contribution in [0.5, 0.6) is 0 Å². The van der Waals surface area contributed by atoms with Gasteiger partial charge < -0.3 is 10.0 Å². The fourth-order valence-electron chi connectivity index (χ4n) is 1.84. The minimum absolute atomic E-state index is 0.0470. The first kappa shape index (κ1) is 12.5. The normalized spacial score (nSPS) is 25.7. The lowest BCUT2D eigenvalue weighted by atomic mass is 9.80. The molecule has 1 atom stereocenters. The number of carbonyl (C=O) groups excluding carboxylic acids is 1. The number of hydrogen-bond donors (Lipinski definition) is 1. The average Bonchev–Trinajstić information content (AvgIpc) is 2.08. The highest BCUT2D eigenvalue weighted by atomic mass is 16.3. The van der Waals surface area contributed by atoms with Gasteiger partial charge in [-0.2, -0.15) is 0 Å². The molecule has 3 nitrogen and oxygen atoms in total. The number of rotatable bonds is 2. The van der Waals surface area contributed by atoms with Crippen molar-refractivity contribution in [2.75, 3.05) is 13.1 Å². The molecule has 1 fully saturated rings. The summed E-state index contributed by atoms with van der Waals surface area (Å²) in [5, 5.41) is 9.90. The quantitative estimate of drug-likeness (QED) is 0.757. The van der Waals surface area contributed by atoms with Crippen LogP contribution >= 0.6 is 0 Å². The number of β-amino-alcohol motifs (C(OH)–C–C–N with tert-alkyl or cyclic N) is 1. The predicted molar refractivity (Wildman–Crippen MR) is 60.4 cm³/mol. The van der Waals surface area contributed by atoms with Gasteiger partial charge in [-0.1, -0.05) is 27.7 Å². The maximum atomic E-state index is 11.8. The molecule has 0 saturated carbocycles. The summed E-state index contributed by atoms with van der Waals surface area (Å²) >= 11 is 0. The fraction of sp³-hybridized carbons (Fsp3) is 0.917. The molecule has 0 radical (unpaired) electrons. The summed E-state index contributed by atoms with van der Waals surface area (Å²) in [4.78, 5) is 13.6. The van der Waals surface area contributed by atoms with E-state index in [1.54, 1.807) is 4.90 Å². The third kappa shape index (κ3) is 3.20. The molecule has 1 rings (SSSR count). The zero-order chi connectivity index (χ0) is 11.6. The van der Waals surface area contributed by atoms with Gasteiger partial charge in [0.15, 0.2) is 0 Å². The molecule has 1 unspecified atom stereocenters.